The Morgan fingerprint density at radius 1 is 0.939 bits per heavy atom. The van der Waals surface area contributed by atoms with E-state index in [2.05, 4.69) is 18.7 Å². The van der Waals surface area contributed by atoms with Gasteiger partial charge in [0.15, 0.2) is 5.13 Å². The van der Waals surface area contributed by atoms with Crippen molar-refractivity contribution in [2.24, 2.45) is 0 Å². The van der Waals surface area contributed by atoms with Crippen molar-refractivity contribution in [1.82, 2.24) is 9.88 Å². The average molecular weight is 494 g/mol. The molecule has 1 heterocycles. The molecule has 1 aromatic heterocycles. The number of carbonyl (C=O) groups is 1. The molecule has 3 rings (SSSR count). The monoisotopic (exact) mass is 493 g/mol. The van der Waals surface area contributed by atoms with E-state index in [4.69, 9.17) is 19.2 Å². The number of anilines is 1. The summed E-state index contributed by atoms with van der Waals surface area (Å²) in [5, 5.41) is 0.619. The predicted octanol–water partition coefficient (Wildman–Crippen LogP) is 5.12. The van der Waals surface area contributed by atoms with Crippen LogP contribution in [0, 0.1) is 0 Å². The number of rotatable bonds is 11. The molecule has 2 aromatic carbocycles. The third-order valence-electron chi connectivity index (χ3n) is 5.32. The number of nitrogens with zero attached hydrogens (tertiary/aromatic N) is 3. The molecule has 0 N–H and O–H groups in total. The molecule has 3 aromatic rings. The number of aromatic nitrogens is 1. The molecule has 0 radical (unpaired) electrons. The van der Waals surface area contributed by atoms with Gasteiger partial charge in [0.25, 0.3) is 5.91 Å². The van der Waals surface area contributed by atoms with E-state index in [0.717, 1.165) is 30.1 Å². The maximum atomic E-state index is 13.6. The Labute approximate surface area is 205 Å². The summed E-state index contributed by atoms with van der Waals surface area (Å²) in [6.07, 6.45) is 0. The van der Waals surface area contributed by atoms with Crippen LogP contribution in [0.15, 0.2) is 36.4 Å². The standard InChI is InChI=1S/C24H31N3O4S.ClH/c1-6-26(7-2)15-16-27(23(28)17-9-11-18(12-10-17)31-8-3)24-25-21-19(29-4)13-14-20(30-5)22(21)32-24;/h9-14H,6-8,15-16H2,1-5H3;1H. The lowest BCUT2D eigenvalue weighted by atomic mass is 10.2. The summed E-state index contributed by atoms with van der Waals surface area (Å²) in [6, 6.07) is 10.9. The van der Waals surface area contributed by atoms with E-state index in [0.29, 0.717) is 40.9 Å². The summed E-state index contributed by atoms with van der Waals surface area (Å²) in [6.45, 7) is 9.87. The summed E-state index contributed by atoms with van der Waals surface area (Å²) in [7, 11) is 3.24. The minimum Gasteiger partial charge on any atom is -0.495 e. The van der Waals surface area contributed by atoms with Crippen molar-refractivity contribution < 1.29 is 19.0 Å². The van der Waals surface area contributed by atoms with Crippen LogP contribution >= 0.6 is 23.7 Å². The summed E-state index contributed by atoms with van der Waals surface area (Å²) in [4.78, 5) is 22.4. The van der Waals surface area contributed by atoms with Gasteiger partial charge in [-0.3, -0.25) is 9.69 Å². The first-order valence-corrected chi connectivity index (χ1v) is 11.7. The topological polar surface area (TPSA) is 64.1 Å². The Morgan fingerprint density at radius 2 is 1.58 bits per heavy atom. The highest BCUT2D eigenvalue weighted by atomic mass is 35.5. The smallest absolute Gasteiger partial charge is 0.260 e. The molecule has 0 fully saturated rings. The van der Waals surface area contributed by atoms with Crippen molar-refractivity contribution in [2.75, 3.05) is 51.9 Å². The molecule has 7 nitrogen and oxygen atoms in total. The van der Waals surface area contributed by atoms with Crippen LogP contribution in [0.25, 0.3) is 10.2 Å². The normalized spacial score (nSPS) is 10.7. The number of likely N-dealkylation sites (N-methyl/N-ethyl adjacent to an activating group) is 1. The Morgan fingerprint density at radius 3 is 2.15 bits per heavy atom. The van der Waals surface area contributed by atoms with E-state index in [1.165, 1.54) is 11.3 Å². The third kappa shape index (κ3) is 6.07. The largest absolute Gasteiger partial charge is 0.495 e. The van der Waals surface area contributed by atoms with Crippen LogP contribution in [-0.2, 0) is 0 Å². The molecule has 33 heavy (non-hydrogen) atoms. The first kappa shape index (κ1) is 26.7. The van der Waals surface area contributed by atoms with Crippen molar-refractivity contribution in [3.63, 3.8) is 0 Å². The lowest BCUT2D eigenvalue weighted by molar-refractivity contribution is 0.0983. The van der Waals surface area contributed by atoms with Crippen molar-refractivity contribution in [3.8, 4) is 17.2 Å². The highest BCUT2D eigenvalue weighted by Gasteiger charge is 2.24. The lowest BCUT2D eigenvalue weighted by Crippen LogP contribution is -2.38. The number of carbonyl (C=O) groups excluding carboxylic acids is 1. The molecule has 0 aliphatic heterocycles. The molecular formula is C24H32ClN3O4S. The van der Waals surface area contributed by atoms with Gasteiger partial charge >= 0.3 is 0 Å². The zero-order chi connectivity index (χ0) is 23.1. The van der Waals surface area contributed by atoms with Crippen LogP contribution in [0.2, 0.25) is 0 Å². The molecule has 1 amide bonds. The number of fused-ring (bicyclic) bond motifs is 1. The second-order valence-corrected chi connectivity index (χ2v) is 8.06. The summed E-state index contributed by atoms with van der Waals surface area (Å²) in [5.74, 6) is 2.01. The summed E-state index contributed by atoms with van der Waals surface area (Å²) in [5.41, 5.74) is 1.28. The number of amides is 1. The predicted molar refractivity (Wildman–Crippen MR) is 137 cm³/mol. The van der Waals surface area contributed by atoms with E-state index in [-0.39, 0.29) is 18.3 Å². The summed E-state index contributed by atoms with van der Waals surface area (Å²) < 4.78 is 17.4. The van der Waals surface area contributed by atoms with Crippen LogP contribution in [0.5, 0.6) is 17.2 Å². The van der Waals surface area contributed by atoms with Gasteiger partial charge in [-0.1, -0.05) is 25.2 Å². The second-order valence-electron chi connectivity index (χ2n) is 7.09. The minimum absolute atomic E-state index is 0. The van der Waals surface area contributed by atoms with E-state index < -0.39 is 0 Å². The molecule has 0 saturated carbocycles. The van der Waals surface area contributed by atoms with Gasteiger partial charge in [-0.25, -0.2) is 4.98 Å². The number of hydrogen-bond acceptors (Lipinski definition) is 7. The van der Waals surface area contributed by atoms with Crippen molar-refractivity contribution in [2.45, 2.75) is 20.8 Å². The van der Waals surface area contributed by atoms with E-state index in [9.17, 15) is 4.79 Å². The zero-order valence-corrected chi connectivity index (χ0v) is 21.4. The van der Waals surface area contributed by atoms with E-state index in [1.807, 2.05) is 31.2 Å². The van der Waals surface area contributed by atoms with Gasteiger partial charge in [-0.2, -0.15) is 0 Å². The van der Waals surface area contributed by atoms with Crippen LogP contribution in [0.1, 0.15) is 31.1 Å². The maximum absolute atomic E-state index is 13.6. The van der Waals surface area contributed by atoms with Crippen molar-refractivity contribution >= 4 is 45.0 Å². The molecule has 180 valence electrons. The Kier molecular flexibility index (Phi) is 10.2. The first-order chi connectivity index (χ1) is 15.6. The van der Waals surface area contributed by atoms with Gasteiger partial charge in [-0.15, -0.1) is 12.4 Å². The highest BCUT2D eigenvalue weighted by molar-refractivity contribution is 7.22. The average Bonchev–Trinajstić information content (AvgIpc) is 3.27. The molecule has 0 unspecified atom stereocenters. The Balaban J connectivity index is 0.00000385. The van der Waals surface area contributed by atoms with Crippen molar-refractivity contribution in [1.29, 1.82) is 0 Å². The van der Waals surface area contributed by atoms with Gasteiger partial charge < -0.3 is 19.1 Å². The third-order valence-corrected chi connectivity index (χ3v) is 6.41. The fraction of sp³-hybridized carbons (Fsp3) is 0.417. The Hall–Kier alpha value is -2.55. The second kappa shape index (κ2) is 12.6. The summed E-state index contributed by atoms with van der Waals surface area (Å²) >= 11 is 1.43. The number of thiazole rings is 1. The molecule has 0 aliphatic carbocycles. The van der Waals surface area contributed by atoms with Crippen molar-refractivity contribution in [3.05, 3.63) is 42.0 Å². The number of benzene rings is 2. The molecule has 0 aliphatic rings. The van der Waals surface area contributed by atoms with Gasteiger partial charge in [0.1, 0.15) is 27.5 Å². The fourth-order valence-corrected chi connectivity index (χ4v) is 4.57. The maximum Gasteiger partial charge on any atom is 0.260 e. The molecule has 0 bridgehead atoms. The van der Waals surface area contributed by atoms with Gasteiger partial charge in [0, 0.05) is 18.7 Å². The SMILES string of the molecule is CCOc1ccc(C(=O)N(CCN(CC)CC)c2nc3c(OC)ccc(OC)c3s2)cc1.Cl. The van der Waals surface area contributed by atoms with Crippen LogP contribution in [0.3, 0.4) is 0 Å². The van der Waals surface area contributed by atoms with Gasteiger partial charge in [0.2, 0.25) is 0 Å². The van der Waals surface area contributed by atoms with Gasteiger partial charge in [-0.05, 0) is 56.4 Å². The zero-order valence-electron chi connectivity index (χ0n) is 19.8. The lowest BCUT2D eigenvalue weighted by Gasteiger charge is -2.24. The van der Waals surface area contributed by atoms with E-state index in [1.54, 1.807) is 31.3 Å². The first-order valence-electron chi connectivity index (χ1n) is 10.8. The van der Waals surface area contributed by atoms with Crippen LogP contribution in [-0.4, -0.2) is 62.8 Å². The highest BCUT2D eigenvalue weighted by Crippen LogP contribution is 2.40. The number of hydrogen-bond donors (Lipinski definition) is 0. The quantitative estimate of drug-likeness (QED) is 0.369. The number of methoxy groups -OCH3 is 2. The molecule has 0 spiro atoms. The Bertz CT molecular complexity index is 997. The number of ether oxygens (including phenoxy) is 3. The fourth-order valence-electron chi connectivity index (χ4n) is 3.47. The molecule has 0 atom stereocenters. The molecular weight excluding hydrogens is 462 g/mol. The van der Waals surface area contributed by atoms with Crippen LogP contribution in [0.4, 0.5) is 5.13 Å². The van der Waals surface area contributed by atoms with Crippen LogP contribution < -0.4 is 19.1 Å². The molecule has 9 heteroatoms. The number of halogens is 1. The van der Waals surface area contributed by atoms with Gasteiger partial charge in [0.05, 0.1) is 20.8 Å². The minimum atomic E-state index is -0.0998. The van der Waals surface area contributed by atoms with E-state index >= 15 is 0 Å². The molecule has 0 saturated heterocycles.